The molecular weight excluding hydrogens is 310 g/mol. The van der Waals surface area contributed by atoms with Crippen molar-refractivity contribution in [3.05, 3.63) is 47.5 Å². The highest BCUT2D eigenvalue weighted by atomic mass is 16.7. The second kappa shape index (κ2) is 5.96. The summed E-state index contributed by atoms with van der Waals surface area (Å²) >= 11 is 0. The fourth-order valence-electron chi connectivity index (χ4n) is 2.88. The molecule has 1 unspecified atom stereocenters. The van der Waals surface area contributed by atoms with Crippen molar-refractivity contribution in [1.29, 1.82) is 0 Å². The van der Waals surface area contributed by atoms with Crippen molar-refractivity contribution >= 4 is 5.91 Å². The molecule has 0 fully saturated rings. The zero-order valence-electron chi connectivity index (χ0n) is 13.2. The Hall–Kier alpha value is -2.89. The number of carbonyl (C=O) groups excluding carboxylic acids is 1. The van der Waals surface area contributed by atoms with Crippen LogP contribution in [0.4, 0.5) is 0 Å². The molecule has 0 aromatic heterocycles. The maximum absolute atomic E-state index is 12.3. The summed E-state index contributed by atoms with van der Waals surface area (Å²) in [5.41, 5.74) is 1.63. The van der Waals surface area contributed by atoms with Gasteiger partial charge in [-0.2, -0.15) is 0 Å². The number of fused-ring (bicyclic) bond motifs is 2. The third-order valence-corrected chi connectivity index (χ3v) is 4.13. The van der Waals surface area contributed by atoms with Gasteiger partial charge in [-0.05, 0) is 36.4 Å². The lowest BCUT2D eigenvalue weighted by Gasteiger charge is -2.12. The van der Waals surface area contributed by atoms with Crippen LogP contribution in [0.2, 0.25) is 0 Å². The van der Waals surface area contributed by atoms with Gasteiger partial charge < -0.3 is 24.3 Å². The van der Waals surface area contributed by atoms with Gasteiger partial charge in [-0.3, -0.25) is 4.79 Å². The summed E-state index contributed by atoms with van der Waals surface area (Å²) in [7, 11) is 1.64. The highest BCUT2D eigenvalue weighted by molar-refractivity contribution is 5.94. The van der Waals surface area contributed by atoms with Gasteiger partial charge in [0.25, 0.3) is 5.91 Å². The Bertz CT molecular complexity index is 789. The van der Waals surface area contributed by atoms with E-state index < -0.39 is 0 Å². The first-order valence-electron chi connectivity index (χ1n) is 7.74. The Morgan fingerprint density at radius 3 is 2.88 bits per heavy atom. The zero-order chi connectivity index (χ0) is 16.5. The van der Waals surface area contributed by atoms with E-state index in [1.54, 1.807) is 25.3 Å². The van der Waals surface area contributed by atoms with E-state index in [9.17, 15) is 4.79 Å². The Kier molecular flexibility index (Phi) is 3.65. The molecule has 124 valence electrons. The van der Waals surface area contributed by atoms with Gasteiger partial charge in [0.15, 0.2) is 11.5 Å². The van der Waals surface area contributed by atoms with E-state index in [-0.39, 0.29) is 18.8 Å². The molecule has 2 aliphatic heterocycles. The number of rotatable bonds is 4. The number of hydrogen-bond donors (Lipinski definition) is 1. The monoisotopic (exact) mass is 327 g/mol. The topological polar surface area (TPSA) is 66.0 Å². The molecule has 2 aliphatic rings. The summed E-state index contributed by atoms with van der Waals surface area (Å²) < 4.78 is 21.6. The van der Waals surface area contributed by atoms with Crippen LogP contribution < -0.4 is 24.3 Å². The molecule has 0 aliphatic carbocycles. The second-order valence-corrected chi connectivity index (χ2v) is 5.70. The minimum absolute atomic E-state index is 0.0786. The van der Waals surface area contributed by atoms with E-state index in [0.717, 1.165) is 23.5 Å². The molecule has 2 heterocycles. The first-order valence-corrected chi connectivity index (χ1v) is 7.74. The van der Waals surface area contributed by atoms with Crippen LogP contribution in [0.3, 0.4) is 0 Å². The second-order valence-electron chi connectivity index (χ2n) is 5.70. The Morgan fingerprint density at radius 2 is 2.00 bits per heavy atom. The average Bonchev–Trinajstić information content (AvgIpc) is 3.24. The molecule has 4 rings (SSSR count). The number of ether oxygens (including phenoxy) is 4. The van der Waals surface area contributed by atoms with Crippen LogP contribution in [0, 0.1) is 0 Å². The maximum Gasteiger partial charge on any atom is 0.251 e. The van der Waals surface area contributed by atoms with Crippen LogP contribution in [-0.2, 0) is 6.42 Å². The summed E-state index contributed by atoms with van der Waals surface area (Å²) in [5.74, 6) is 2.75. The Morgan fingerprint density at radius 1 is 1.17 bits per heavy atom. The SMILES string of the molecule is COc1ccc2c(c1)CC(CNC(=O)c1ccc3c(c1)OCO3)O2. The zero-order valence-corrected chi connectivity index (χ0v) is 13.2. The predicted molar refractivity (Wildman–Crippen MR) is 86.0 cm³/mol. The maximum atomic E-state index is 12.3. The summed E-state index contributed by atoms with van der Waals surface area (Å²) in [5, 5.41) is 2.90. The largest absolute Gasteiger partial charge is 0.497 e. The summed E-state index contributed by atoms with van der Waals surface area (Å²) in [6.45, 7) is 0.627. The fourth-order valence-corrected chi connectivity index (χ4v) is 2.88. The van der Waals surface area contributed by atoms with Crippen LogP contribution >= 0.6 is 0 Å². The van der Waals surface area contributed by atoms with Crippen LogP contribution in [-0.4, -0.2) is 32.5 Å². The van der Waals surface area contributed by atoms with E-state index in [1.165, 1.54) is 0 Å². The van der Waals surface area contributed by atoms with Crippen molar-refractivity contribution in [2.24, 2.45) is 0 Å². The normalized spacial score (nSPS) is 17.1. The molecule has 0 saturated heterocycles. The quantitative estimate of drug-likeness (QED) is 0.932. The van der Waals surface area contributed by atoms with Crippen LogP contribution in [0.25, 0.3) is 0 Å². The van der Waals surface area contributed by atoms with Gasteiger partial charge in [0.1, 0.15) is 17.6 Å². The lowest BCUT2D eigenvalue weighted by atomic mass is 10.1. The van der Waals surface area contributed by atoms with E-state index in [4.69, 9.17) is 18.9 Å². The number of nitrogens with one attached hydrogen (secondary N) is 1. The Balaban J connectivity index is 1.37. The number of methoxy groups -OCH3 is 1. The average molecular weight is 327 g/mol. The highest BCUT2D eigenvalue weighted by Gasteiger charge is 2.24. The number of hydrogen-bond acceptors (Lipinski definition) is 5. The Labute approximate surface area is 139 Å². The first kappa shape index (κ1) is 14.7. The lowest BCUT2D eigenvalue weighted by molar-refractivity contribution is 0.0933. The molecular formula is C18H17NO5. The van der Waals surface area contributed by atoms with Gasteiger partial charge in [-0.25, -0.2) is 0 Å². The third-order valence-electron chi connectivity index (χ3n) is 4.13. The molecule has 6 nitrogen and oxygen atoms in total. The summed E-state index contributed by atoms with van der Waals surface area (Å²) in [6, 6.07) is 10.9. The smallest absolute Gasteiger partial charge is 0.251 e. The summed E-state index contributed by atoms with van der Waals surface area (Å²) in [4.78, 5) is 12.3. The molecule has 6 heteroatoms. The van der Waals surface area contributed by atoms with Crippen molar-refractivity contribution in [2.75, 3.05) is 20.4 Å². The molecule has 2 aromatic carbocycles. The standard InChI is InChI=1S/C18H17NO5/c1-21-13-3-5-15-12(6-13)7-14(24-15)9-19-18(20)11-2-4-16-17(8-11)23-10-22-16/h2-6,8,14H,7,9-10H2,1H3,(H,19,20). The summed E-state index contributed by atoms with van der Waals surface area (Å²) in [6.07, 6.45) is 0.665. The van der Waals surface area contributed by atoms with Gasteiger partial charge >= 0.3 is 0 Å². The predicted octanol–water partition coefficient (Wildman–Crippen LogP) is 2.16. The minimum Gasteiger partial charge on any atom is -0.497 e. The van der Waals surface area contributed by atoms with Gasteiger partial charge in [-0.15, -0.1) is 0 Å². The van der Waals surface area contributed by atoms with Crippen LogP contribution in [0.5, 0.6) is 23.0 Å². The molecule has 0 spiro atoms. The fraction of sp³-hybridized carbons (Fsp3) is 0.278. The first-order chi connectivity index (χ1) is 11.7. The van der Waals surface area contributed by atoms with Crippen molar-refractivity contribution in [2.45, 2.75) is 12.5 Å². The van der Waals surface area contributed by atoms with Gasteiger partial charge in [-0.1, -0.05) is 0 Å². The van der Waals surface area contributed by atoms with E-state index in [2.05, 4.69) is 5.32 Å². The number of carbonyl (C=O) groups is 1. The molecule has 0 bridgehead atoms. The van der Waals surface area contributed by atoms with Crippen LogP contribution in [0.1, 0.15) is 15.9 Å². The third kappa shape index (κ3) is 2.71. The van der Waals surface area contributed by atoms with Crippen molar-refractivity contribution in [3.8, 4) is 23.0 Å². The van der Waals surface area contributed by atoms with Crippen molar-refractivity contribution < 1.29 is 23.7 Å². The molecule has 1 N–H and O–H groups in total. The minimum atomic E-state index is -0.162. The van der Waals surface area contributed by atoms with Crippen molar-refractivity contribution in [1.82, 2.24) is 5.32 Å². The molecule has 24 heavy (non-hydrogen) atoms. The van der Waals surface area contributed by atoms with Crippen molar-refractivity contribution in [3.63, 3.8) is 0 Å². The molecule has 0 saturated carbocycles. The highest BCUT2D eigenvalue weighted by Crippen LogP contribution is 2.33. The van der Waals surface area contributed by atoms with E-state index in [1.807, 2.05) is 18.2 Å². The van der Waals surface area contributed by atoms with Gasteiger partial charge in [0, 0.05) is 17.5 Å². The lowest BCUT2D eigenvalue weighted by Crippen LogP contribution is -2.34. The van der Waals surface area contributed by atoms with Gasteiger partial charge in [0.05, 0.1) is 13.7 Å². The van der Waals surface area contributed by atoms with Gasteiger partial charge in [0.2, 0.25) is 6.79 Å². The number of amides is 1. The molecule has 0 radical (unpaired) electrons. The van der Waals surface area contributed by atoms with E-state index in [0.29, 0.717) is 23.6 Å². The van der Waals surface area contributed by atoms with Crippen LogP contribution in [0.15, 0.2) is 36.4 Å². The molecule has 1 atom stereocenters. The molecule has 2 aromatic rings. The molecule has 1 amide bonds. The van der Waals surface area contributed by atoms with E-state index >= 15 is 0 Å². The number of benzene rings is 2.